The second kappa shape index (κ2) is 6.04. The summed E-state index contributed by atoms with van der Waals surface area (Å²) in [5.74, 6) is -1.62. The Bertz CT molecular complexity index is 718. The number of aromatic hydroxyl groups is 1. The zero-order valence-corrected chi connectivity index (χ0v) is 11.5. The number of carbonyl (C=O) groups is 2. The molecule has 0 unspecified atom stereocenters. The Hall–Kier alpha value is -2.89. The Balaban J connectivity index is 2.53. The van der Waals surface area contributed by atoms with Gasteiger partial charge in [-0.05, 0) is 18.2 Å². The molecular formula is C15H13NO5. The Morgan fingerprint density at radius 2 is 1.76 bits per heavy atom. The second-order valence-electron chi connectivity index (χ2n) is 4.13. The van der Waals surface area contributed by atoms with Crippen LogP contribution in [0.1, 0.15) is 5.69 Å². The predicted molar refractivity (Wildman–Crippen MR) is 75.4 cm³/mol. The Morgan fingerprint density at radius 3 is 2.38 bits per heavy atom. The van der Waals surface area contributed by atoms with Crippen LogP contribution in [0.3, 0.4) is 0 Å². The lowest BCUT2D eigenvalue weighted by molar-refractivity contribution is -0.143. The van der Waals surface area contributed by atoms with Crippen molar-refractivity contribution in [1.82, 2.24) is 4.98 Å². The molecule has 1 aromatic carbocycles. The van der Waals surface area contributed by atoms with E-state index in [1.54, 1.807) is 24.3 Å². The maximum atomic E-state index is 11.6. The van der Waals surface area contributed by atoms with Gasteiger partial charge in [0, 0.05) is 5.39 Å². The van der Waals surface area contributed by atoms with Crippen LogP contribution in [0.2, 0.25) is 0 Å². The third kappa shape index (κ3) is 3.00. The molecular weight excluding hydrogens is 274 g/mol. The number of rotatable bonds is 3. The van der Waals surface area contributed by atoms with Crippen molar-refractivity contribution < 1.29 is 24.2 Å². The first-order valence-corrected chi connectivity index (χ1v) is 6.04. The molecule has 0 fully saturated rings. The van der Waals surface area contributed by atoms with Gasteiger partial charge in [-0.2, -0.15) is 0 Å². The van der Waals surface area contributed by atoms with Crippen molar-refractivity contribution in [3.63, 3.8) is 0 Å². The standard InChI is InChI=1S/C15H13NO5/c1-20-14(18)11(15(19)21-2)8-10-7-6-9-4-3-5-12(17)13(9)16-10/h3-8,17H,1-2H3. The van der Waals surface area contributed by atoms with E-state index in [0.717, 1.165) is 5.39 Å². The topological polar surface area (TPSA) is 85.7 Å². The van der Waals surface area contributed by atoms with Gasteiger partial charge in [-0.15, -0.1) is 0 Å². The molecule has 0 saturated heterocycles. The number of fused-ring (bicyclic) bond motifs is 1. The summed E-state index contributed by atoms with van der Waals surface area (Å²) in [4.78, 5) is 27.4. The summed E-state index contributed by atoms with van der Waals surface area (Å²) in [5, 5.41) is 10.5. The highest BCUT2D eigenvalue weighted by Gasteiger charge is 2.20. The largest absolute Gasteiger partial charge is 0.506 e. The van der Waals surface area contributed by atoms with E-state index in [2.05, 4.69) is 14.5 Å². The number of ether oxygens (including phenoxy) is 2. The van der Waals surface area contributed by atoms with E-state index in [0.29, 0.717) is 11.2 Å². The van der Waals surface area contributed by atoms with E-state index in [9.17, 15) is 14.7 Å². The zero-order valence-electron chi connectivity index (χ0n) is 11.5. The molecule has 6 heteroatoms. The molecule has 0 aliphatic rings. The van der Waals surface area contributed by atoms with E-state index in [1.807, 2.05) is 0 Å². The highest BCUT2D eigenvalue weighted by molar-refractivity contribution is 6.17. The van der Waals surface area contributed by atoms with Crippen molar-refractivity contribution in [2.24, 2.45) is 0 Å². The van der Waals surface area contributed by atoms with E-state index < -0.39 is 11.9 Å². The van der Waals surface area contributed by atoms with E-state index >= 15 is 0 Å². The number of hydrogen-bond donors (Lipinski definition) is 1. The minimum absolute atomic E-state index is 0.0143. The molecule has 0 amide bonds. The smallest absolute Gasteiger partial charge is 0.345 e. The van der Waals surface area contributed by atoms with Crippen molar-refractivity contribution >= 4 is 28.9 Å². The number of pyridine rings is 1. The first kappa shape index (κ1) is 14.5. The van der Waals surface area contributed by atoms with Crippen molar-refractivity contribution in [2.75, 3.05) is 14.2 Å². The summed E-state index contributed by atoms with van der Waals surface area (Å²) in [5.41, 5.74) is 0.428. The van der Waals surface area contributed by atoms with Gasteiger partial charge in [0.05, 0.1) is 19.9 Å². The average molecular weight is 287 g/mol. The molecule has 2 aromatic rings. The van der Waals surface area contributed by atoms with Crippen LogP contribution < -0.4 is 0 Å². The number of aromatic nitrogens is 1. The van der Waals surface area contributed by atoms with E-state index in [4.69, 9.17) is 0 Å². The monoisotopic (exact) mass is 287 g/mol. The third-order valence-corrected chi connectivity index (χ3v) is 2.82. The summed E-state index contributed by atoms with van der Waals surface area (Å²) < 4.78 is 9.07. The molecule has 21 heavy (non-hydrogen) atoms. The molecule has 0 spiro atoms. The summed E-state index contributed by atoms with van der Waals surface area (Å²) in [6.07, 6.45) is 1.25. The van der Waals surface area contributed by atoms with Crippen LogP contribution in [0.5, 0.6) is 5.75 Å². The van der Waals surface area contributed by atoms with Gasteiger partial charge in [0.25, 0.3) is 0 Å². The molecule has 0 bridgehead atoms. The first-order valence-electron chi connectivity index (χ1n) is 6.04. The molecule has 108 valence electrons. The third-order valence-electron chi connectivity index (χ3n) is 2.82. The lowest BCUT2D eigenvalue weighted by Crippen LogP contribution is -2.15. The highest BCUT2D eigenvalue weighted by atomic mass is 16.5. The molecule has 0 aliphatic heterocycles. The number of para-hydroxylation sites is 1. The predicted octanol–water partition coefficient (Wildman–Crippen LogP) is 1.67. The summed E-state index contributed by atoms with van der Waals surface area (Å²) in [7, 11) is 2.33. The van der Waals surface area contributed by atoms with Crippen LogP contribution in [0.4, 0.5) is 0 Å². The second-order valence-corrected chi connectivity index (χ2v) is 4.13. The number of carbonyl (C=O) groups excluding carboxylic acids is 2. The fraction of sp³-hybridized carbons (Fsp3) is 0.133. The lowest BCUT2D eigenvalue weighted by atomic mass is 10.1. The van der Waals surface area contributed by atoms with Crippen LogP contribution in [-0.2, 0) is 19.1 Å². The van der Waals surface area contributed by atoms with Crippen LogP contribution >= 0.6 is 0 Å². The molecule has 0 atom stereocenters. The average Bonchev–Trinajstić information content (AvgIpc) is 2.51. The Morgan fingerprint density at radius 1 is 1.10 bits per heavy atom. The number of benzene rings is 1. The molecule has 0 saturated carbocycles. The molecule has 1 aromatic heterocycles. The summed E-state index contributed by atoms with van der Waals surface area (Å²) in [6.45, 7) is 0. The van der Waals surface area contributed by atoms with Crippen LogP contribution in [0, 0.1) is 0 Å². The number of nitrogens with zero attached hydrogens (tertiary/aromatic N) is 1. The van der Waals surface area contributed by atoms with Gasteiger partial charge >= 0.3 is 11.9 Å². The fourth-order valence-corrected chi connectivity index (χ4v) is 1.80. The van der Waals surface area contributed by atoms with Crippen molar-refractivity contribution in [1.29, 1.82) is 0 Å². The highest BCUT2D eigenvalue weighted by Crippen LogP contribution is 2.23. The fourth-order valence-electron chi connectivity index (χ4n) is 1.80. The zero-order chi connectivity index (χ0) is 15.4. The molecule has 2 rings (SSSR count). The van der Waals surface area contributed by atoms with E-state index in [1.165, 1.54) is 26.4 Å². The lowest BCUT2D eigenvalue weighted by Gasteiger charge is -2.04. The SMILES string of the molecule is COC(=O)C(=Cc1ccc2cccc(O)c2n1)C(=O)OC. The van der Waals surface area contributed by atoms with Crippen LogP contribution in [0.25, 0.3) is 17.0 Å². The first-order chi connectivity index (χ1) is 10.1. The maximum Gasteiger partial charge on any atom is 0.345 e. The van der Waals surface area contributed by atoms with Gasteiger partial charge in [-0.25, -0.2) is 14.6 Å². The normalized spacial score (nSPS) is 10.0. The number of esters is 2. The van der Waals surface area contributed by atoms with Gasteiger partial charge in [-0.1, -0.05) is 18.2 Å². The minimum Gasteiger partial charge on any atom is -0.506 e. The van der Waals surface area contributed by atoms with Gasteiger partial charge in [0.1, 0.15) is 16.8 Å². The van der Waals surface area contributed by atoms with Crippen molar-refractivity contribution in [3.8, 4) is 5.75 Å². The van der Waals surface area contributed by atoms with Gasteiger partial charge < -0.3 is 14.6 Å². The number of phenolic OH excluding ortho intramolecular Hbond substituents is 1. The Labute approximate surface area is 120 Å². The summed E-state index contributed by atoms with van der Waals surface area (Å²) >= 11 is 0. The van der Waals surface area contributed by atoms with Gasteiger partial charge in [-0.3, -0.25) is 0 Å². The van der Waals surface area contributed by atoms with Crippen molar-refractivity contribution in [2.45, 2.75) is 0 Å². The van der Waals surface area contributed by atoms with E-state index in [-0.39, 0.29) is 11.3 Å². The Kier molecular flexibility index (Phi) is 4.18. The maximum absolute atomic E-state index is 11.6. The quantitative estimate of drug-likeness (QED) is 0.400. The molecule has 6 nitrogen and oxygen atoms in total. The number of methoxy groups -OCH3 is 2. The summed E-state index contributed by atoms with van der Waals surface area (Å²) in [6, 6.07) is 8.33. The molecule has 0 radical (unpaired) electrons. The number of hydrogen-bond acceptors (Lipinski definition) is 6. The van der Waals surface area contributed by atoms with Crippen LogP contribution in [-0.4, -0.2) is 36.2 Å². The van der Waals surface area contributed by atoms with Gasteiger partial charge in [0.15, 0.2) is 0 Å². The molecule has 1 N–H and O–H groups in total. The van der Waals surface area contributed by atoms with Crippen LogP contribution in [0.15, 0.2) is 35.9 Å². The van der Waals surface area contributed by atoms with Gasteiger partial charge in [0.2, 0.25) is 0 Å². The molecule has 0 aliphatic carbocycles. The number of phenols is 1. The molecule has 1 heterocycles. The minimum atomic E-state index is -0.818. The van der Waals surface area contributed by atoms with Crippen molar-refractivity contribution in [3.05, 3.63) is 41.6 Å².